The molecule has 0 rings (SSSR count). The Morgan fingerprint density at radius 1 is 1.40 bits per heavy atom. The van der Waals surface area contributed by atoms with Crippen LogP contribution in [0.3, 0.4) is 0 Å². The third kappa shape index (κ3) is 9.58. The van der Waals surface area contributed by atoms with E-state index >= 15 is 0 Å². The summed E-state index contributed by atoms with van der Waals surface area (Å²) in [6.07, 6.45) is -2.73. The monoisotopic (exact) mass is 330 g/mol. The third-order valence-electron chi connectivity index (χ3n) is 2.76. The van der Waals surface area contributed by atoms with Gasteiger partial charge in [-0.05, 0) is 45.3 Å². The maximum absolute atomic E-state index is 12.6. The molecule has 0 aliphatic carbocycles. The Kier molecular flexibility index (Phi) is 9.46. The normalized spacial score (nSPS) is 14.7. The zero-order valence-corrected chi connectivity index (χ0v) is 13.6. The van der Waals surface area contributed by atoms with E-state index in [1.807, 2.05) is 0 Å². The van der Waals surface area contributed by atoms with Crippen LogP contribution in [0, 0.1) is 5.92 Å². The zero-order valence-electron chi connectivity index (χ0n) is 12.0. The second-order valence-electron chi connectivity index (χ2n) is 4.70. The first-order chi connectivity index (χ1) is 9.16. The number of alkyl halides is 3. The molecule has 0 bridgehead atoms. The standard InChI is InChI=1S/C13H21F3O2S2/c1-4-18-12(19)20-11(7-5-6-10(3)17)8-9(2)13(14,15)16/h9,11H,4-8H2,1-3H3. The van der Waals surface area contributed by atoms with Crippen molar-refractivity contribution in [3.05, 3.63) is 0 Å². The molecule has 0 amide bonds. The fourth-order valence-electron chi connectivity index (χ4n) is 1.62. The number of rotatable bonds is 8. The molecule has 0 saturated carbocycles. The summed E-state index contributed by atoms with van der Waals surface area (Å²) in [4.78, 5) is 10.9. The van der Waals surface area contributed by atoms with Crippen LogP contribution in [0.25, 0.3) is 0 Å². The number of thiocarbonyl (C=S) groups is 1. The van der Waals surface area contributed by atoms with Gasteiger partial charge in [0.15, 0.2) is 0 Å². The first-order valence-electron chi connectivity index (χ1n) is 6.56. The fourth-order valence-corrected chi connectivity index (χ4v) is 3.27. The number of ether oxygens (including phenoxy) is 1. The molecule has 2 atom stereocenters. The van der Waals surface area contributed by atoms with E-state index in [0.29, 0.717) is 25.9 Å². The number of carbonyl (C=O) groups excluding carboxylic acids is 1. The molecular weight excluding hydrogens is 309 g/mol. The average Bonchev–Trinajstić information content (AvgIpc) is 2.27. The van der Waals surface area contributed by atoms with Gasteiger partial charge in [0.2, 0.25) is 4.38 Å². The largest absolute Gasteiger partial charge is 0.479 e. The molecule has 0 spiro atoms. The van der Waals surface area contributed by atoms with Crippen LogP contribution in [0.1, 0.15) is 46.5 Å². The Morgan fingerprint density at radius 3 is 2.45 bits per heavy atom. The summed E-state index contributed by atoms with van der Waals surface area (Å²) in [5.41, 5.74) is 0. The molecule has 0 saturated heterocycles. The van der Waals surface area contributed by atoms with Crippen molar-refractivity contribution in [3.8, 4) is 0 Å². The number of ketones is 1. The summed E-state index contributed by atoms with van der Waals surface area (Å²) < 4.78 is 43.2. The van der Waals surface area contributed by atoms with E-state index < -0.39 is 12.1 Å². The van der Waals surface area contributed by atoms with Crippen LogP contribution in [-0.2, 0) is 9.53 Å². The minimum absolute atomic E-state index is 0.0146. The topological polar surface area (TPSA) is 26.3 Å². The molecule has 0 radical (unpaired) electrons. The van der Waals surface area contributed by atoms with Crippen LogP contribution in [-0.4, -0.2) is 28.2 Å². The van der Waals surface area contributed by atoms with Crippen LogP contribution in [0.4, 0.5) is 13.2 Å². The fraction of sp³-hybridized carbons (Fsp3) is 0.846. The molecule has 118 valence electrons. The minimum atomic E-state index is -4.20. The van der Waals surface area contributed by atoms with Gasteiger partial charge in [0.1, 0.15) is 5.78 Å². The highest BCUT2D eigenvalue weighted by atomic mass is 32.2. The van der Waals surface area contributed by atoms with E-state index in [4.69, 9.17) is 17.0 Å². The van der Waals surface area contributed by atoms with E-state index in [9.17, 15) is 18.0 Å². The number of hydrogen-bond acceptors (Lipinski definition) is 4. The Labute approximate surface area is 127 Å². The van der Waals surface area contributed by atoms with Gasteiger partial charge in [-0.3, -0.25) is 0 Å². The summed E-state index contributed by atoms with van der Waals surface area (Å²) >= 11 is 6.13. The molecule has 0 heterocycles. The van der Waals surface area contributed by atoms with Gasteiger partial charge in [-0.15, -0.1) is 0 Å². The molecule has 0 aliphatic heterocycles. The Balaban J connectivity index is 4.45. The molecule has 0 fully saturated rings. The van der Waals surface area contributed by atoms with Crippen molar-refractivity contribution in [2.24, 2.45) is 5.92 Å². The van der Waals surface area contributed by atoms with E-state index in [1.165, 1.54) is 13.8 Å². The molecule has 7 heteroatoms. The van der Waals surface area contributed by atoms with Crippen LogP contribution in [0.15, 0.2) is 0 Å². The van der Waals surface area contributed by atoms with Gasteiger partial charge < -0.3 is 9.53 Å². The number of carbonyl (C=O) groups is 1. The van der Waals surface area contributed by atoms with Gasteiger partial charge in [-0.25, -0.2) is 0 Å². The summed E-state index contributed by atoms with van der Waals surface area (Å²) in [6, 6.07) is 0. The van der Waals surface area contributed by atoms with E-state index in [0.717, 1.165) is 11.8 Å². The van der Waals surface area contributed by atoms with E-state index in [1.54, 1.807) is 6.92 Å². The summed E-state index contributed by atoms with van der Waals surface area (Å²) in [5.74, 6) is -1.34. The molecule has 2 unspecified atom stereocenters. The number of halogens is 3. The van der Waals surface area contributed by atoms with Crippen molar-refractivity contribution in [3.63, 3.8) is 0 Å². The van der Waals surface area contributed by atoms with Crippen LogP contribution in [0.5, 0.6) is 0 Å². The first kappa shape index (κ1) is 19.7. The predicted molar refractivity (Wildman–Crippen MR) is 80.0 cm³/mol. The lowest BCUT2D eigenvalue weighted by atomic mass is 10.0. The van der Waals surface area contributed by atoms with E-state index in [-0.39, 0.29) is 21.8 Å². The highest BCUT2D eigenvalue weighted by Crippen LogP contribution is 2.34. The third-order valence-corrected chi connectivity index (χ3v) is 4.23. The van der Waals surface area contributed by atoms with Crippen molar-refractivity contribution in [1.29, 1.82) is 0 Å². The highest BCUT2D eigenvalue weighted by molar-refractivity contribution is 8.23. The molecule has 0 aromatic heterocycles. The minimum Gasteiger partial charge on any atom is -0.479 e. The smallest absolute Gasteiger partial charge is 0.391 e. The zero-order chi connectivity index (χ0) is 15.8. The van der Waals surface area contributed by atoms with Gasteiger partial charge in [0.25, 0.3) is 0 Å². The average molecular weight is 330 g/mol. The highest BCUT2D eigenvalue weighted by Gasteiger charge is 2.37. The number of hydrogen-bond donors (Lipinski definition) is 0. The molecular formula is C13H21F3O2S2. The molecule has 20 heavy (non-hydrogen) atoms. The van der Waals surface area contributed by atoms with Crippen molar-refractivity contribution in [2.75, 3.05) is 6.61 Å². The second kappa shape index (κ2) is 9.60. The van der Waals surface area contributed by atoms with Gasteiger partial charge in [0.05, 0.1) is 12.5 Å². The molecule has 0 aromatic rings. The van der Waals surface area contributed by atoms with Crippen LogP contribution in [0.2, 0.25) is 0 Å². The van der Waals surface area contributed by atoms with Crippen LogP contribution >= 0.6 is 24.0 Å². The van der Waals surface area contributed by atoms with Crippen molar-refractivity contribution >= 4 is 34.1 Å². The molecule has 2 nitrogen and oxygen atoms in total. The van der Waals surface area contributed by atoms with Crippen molar-refractivity contribution < 1.29 is 22.7 Å². The second-order valence-corrected chi connectivity index (χ2v) is 6.60. The lowest BCUT2D eigenvalue weighted by molar-refractivity contribution is -0.171. The summed E-state index contributed by atoms with van der Waals surface area (Å²) in [5, 5.41) is -0.273. The number of thioether (sulfide) groups is 1. The summed E-state index contributed by atoms with van der Waals surface area (Å²) in [6.45, 7) is 4.82. The maximum atomic E-state index is 12.6. The maximum Gasteiger partial charge on any atom is 0.391 e. The Morgan fingerprint density at radius 2 is 2.00 bits per heavy atom. The van der Waals surface area contributed by atoms with Gasteiger partial charge in [-0.1, -0.05) is 18.7 Å². The van der Waals surface area contributed by atoms with Gasteiger partial charge >= 0.3 is 6.18 Å². The predicted octanol–water partition coefficient (Wildman–Crippen LogP) is 4.76. The lowest BCUT2D eigenvalue weighted by Gasteiger charge is -2.22. The van der Waals surface area contributed by atoms with Crippen molar-refractivity contribution in [2.45, 2.75) is 57.9 Å². The molecule has 0 N–H and O–H groups in total. The lowest BCUT2D eigenvalue weighted by Crippen LogP contribution is -2.24. The van der Waals surface area contributed by atoms with Crippen molar-refractivity contribution in [1.82, 2.24) is 0 Å². The van der Waals surface area contributed by atoms with Gasteiger partial charge in [-0.2, -0.15) is 13.2 Å². The Bertz CT molecular complexity index is 319. The summed E-state index contributed by atoms with van der Waals surface area (Å²) in [7, 11) is 0. The Hall–Kier alpha value is -0.300. The SMILES string of the molecule is CCOC(=S)SC(CCCC(C)=O)CC(C)C(F)(F)F. The van der Waals surface area contributed by atoms with E-state index in [2.05, 4.69) is 0 Å². The van der Waals surface area contributed by atoms with Gasteiger partial charge in [0, 0.05) is 11.7 Å². The molecule has 0 aliphatic rings. The molecule has 0 aromatic carbocycles. The number of Topliss-reactive ketones (excluding diaryl/α,β-unsaturated/α-hetero) is 1. The first-order valence-corrected chi connectivity index (χ1v) is 7.85. The van der Waals surface area contributed by atoms with Crippen LogP contribution < -0.4 is 0 Å². The quantitative estimate of drug-likeness (QED) is 0.600.